The molecule has 0 saturated heterocycles. The van der Waals surface area contributed by atoms with Crippen LogP contribution >= 0.6 is 11.3 Å². The van der Waals surface area contributed by atoms with Crippen LogP contribution in [0.1, 0.15) is 26.3 Å². The van der Waals surface area contributed by atoms with E-state index in [9.17, 15) is 0 Å². The molecule has 0 amide bonds. The van der Waals surface area contributed by atoms with Crippen LogP contribution in [0.5, 0.6) is 0 Å². The molecule has 1 nitrogen and oxygen atoms in total. The maximum atomic E-state index is 3.60. The first-order valence-corrected chi connectivity index (χ1v) is 9.83. The van der Waals surface area contributed by atoms with Crippen LogP contribution in [-0.2, 0) is 5.41 Å². The van der Waals surface area contributed by atoms with Crippen LogP contribution in [0.2, 0.25) is 0 Å². The van der Waals surface area contributed by atoms with Gasteiger partial charge in [-0.1, -0.05) is 81.4 Å². The summed E-state index contributed by atoms with van der Waals surface area (Å²) in [7, 11) is 0. The molecule has 0 aliphatic heterocycles. The second-order valence-corrected chi connectivity index (χ2v) is 8.53. The maximum absolute atomic E-state index is 3.60. The van der Waals surface area contributed by atoms with Gasteiger partial charge in [-0.05, 0) is 39.6 Å². The van der Waals surface area contributed by atoms with E-state index in [-0.39, 0.29) is 5.41 Å². The van der Waals surface area contributed by atoms with Crippen molar-refractivity contribution in [3.8, 4) is 11.1 Å². The first kappa shape index (κ1) is 16.9. The Balaban J connectivity index is 1.64. The molecule has 26 heavy (non-hydrogen) atoms. The molecule has 0 radical (unpaired) electrons. The highest BCUT2D eigenvalue weighted by Gasteiger charge is 2.18. The van der Waals surface area contributed by atoms with Crippen molar-refractivity contribution in [1.82, 2.24) is 0 Å². The summed E-state index contributed by atoms with van der Waals surface area (Å²) in [6.07, 6.45) is 0. The molecule has 130 valence electrons. The lowest BCUT2D eigenvalue weighted by Gasteiger charge is -2.20. The molecular weight excluding hydrogens is 334 g/mol. The summed E-state index contributed by atoms with van der Waals surface area (Å²) in [6, 6.07) is 25.8. The standard InChI is InChI=1S/C24H23NS/c1-24(2,3)22-11-7-10-20-21(22)16-26-23(20)25-19-14-12-18(13-15-19)17-8-5-4-6-9-17/h4-16,25H,1-3H3. The molecule has 0 atom stereocenters. The topological polar surface area (TPSA) is 12.0 Å². The summed E-state index contributed by atoms with van der Waals surface area (Å²) in [5.74, 6) is 0. The summed E-state index contributed by atoms with van der Waals surface area (Å²) in [5.41, 5.74) is 5.15. The van der Waals surface area contributed by atoms with Gasteiger partial charge >= 0.3 is 0 Å². The molecule has 2 heteroatoms. The minimum absolute atomic E-state index is 0.148. The second-order valence-electron chi connectivity index (χ2n) is 7.65. The Labute approximate surface area is 159 Å². The Morgan fingerprint density at radius 2 is 1.38 bits per heavy atom. The third-order valence-electron chi connectivity index (χ3n) is 4.70. The number of hydrogen-bond acceptors (Lipinski definition) is 2. The van der Waals surface area contributed by atoms with Crippen LogP contribution in [0.15, 0.2) is 78.2 Å². The zero-order chi connectivity index (χ0) is 18.1. The SMILES string of the molecule is CC(C)(C)c1cccc2c(Nc3ccc(-c4ccccc4)cc3)scc12. The molecule has 0 bridgehead atoms. The zero-order valence-electron chi connectivity index (χ0n) is 15.4. The number of fused-ring (bicyclic) bond motifs is 1. The average Bonchev–Trinajstić information content (AvgIpc) is 3.05. The van der Waals surface area contributed by atoms with E-state index < -0.39 is 0 Å². The molecule has 0 saturated carbocycles. The van der Waals surface area contributed by atoms with Gasteiger partial charge < -0.3 is 5.32 Å². The predicted molar refractivity (Wildman–Crippen MR) is 116 cm³/mol. The fourth-order valence-corrected chi connectivity index (χ4v) is 4.30. The smallest absolute Gasteiger partial charge is 0.101 e. The van der Waals surface area contributed by atoms with E-state index in [2.05, 4.69) is 98.2 Å². The van der Waals surface area contributed by atoms with Crippen molar-refractivity contribution in [2.75, 3.05) is 5.32 Å². The predicted octanol–water partition coefficient (Wildman–Crippen LogP) is 7.61. The second kappa shape index (κ2) is 6.62. The fourth-order valence-electron chi connectivity index (χ4n) is 3.33. The molecule has 1 heterocycles. The van der Waals surface area contributed by atoms with Crippen LogP contribution in [0.4, 0.5) is 10.7 Å². The van der Waals surface area contributed by atoms with Gasteiger partial charge in [-0.15, -0.1) is 11.3 Å². The summed E-state index contributed by atoms with van der Waals surface area (Å²) in [6.45, 7) is 6.82. The van der Waals surface area contributed by atoms with E-state index in [1.807, 2.05) is 6.07 Å². The summed E-state index contributed by atoms with van der Waals surface area (Å²) < 4.78 is 0. The van der Waals surface area contributed by atoms with Crippen LogP contribution in [0.3, 0.4) is 0 Å². The summed E-state index contributed by atoms with van der Waals surface area (Å²) in [5, 5.41) is 9.74. The lowest BCUT2D eigenvalue weighted by Crippen LogP contribution is -2.11. The van der Waals surface area contributed by atoms with Crippen molar-refractivity contribution in [3.05, 3.63) is 83.7 Å². The Morgan fingerprint density at radius 1 is 0.692 bits per heavy atom. The van der Waals surface area contributed by atoms with E-state index in [4.69, 9.17) is 0 Å². The zero-order valence-corrected chi connectivity index (χ0v) is 16.2. The molecule has 3 aromatic carbocycles. The van der Waals surface area contributed by atoms with Gasteiger partial charge in [0.25, 0.3) is 0 Å². The Morgan fingerprint density at radius 3 is 2.08 bits per heavy atom. The van der Waals surface area contributed by atoms with Crippen molar-refractivity contribution >= 4 is 32.8 Å². The van der Waals surface area contributed by atoms with Gasteiger partial charge in [0.2, 0.25) is 0 Å². The summed E-state index contributed by atoms with van der Waals surface area (Å²) in [4.78, 5) is 0. The van der Waals surface area contributed by atoms with Crippen molar-refractivity contribution < 1.29 is 0 Å². The minimum atomic E-state index is 0.148. The van der Waals surface area contributed by atoms with E-state index >= 15 is 0 Å². The summed E-state index contributed by atoms with van der Waals surface area (Å²) >= 11 is 1.78. The van der Waals surface area contributed by atoms with Gasteiger partial charge in [0.1, 0.15) is 5.00 Å². The van der Waals surface area contributed by atoms with Crippen molar-refractivity contribution in [2.24, 2.45) is 0 Å². The molecular formula is C24H23NS. The largest absolute Gasteiger partial charge is 0.347 e. The number of benzene rings is 3. The average molecular weight is 358 g/mol. The Bertz CT molecular complexity index is 1020. The number of nitrogens with one attached hydrogen (secondary N) is 1. The van der Waals surface area contributed by atoms with E-state index in [1.165, 1.54) is 32.5 Å². The highest BCUT2D eigenvalue weighted by atomic mass is 32.1. The molecule has 0 aliphatic carbocycles. The minimum Gasteiger partial charge on any atom is -0.347 e. The lowest BCUT2D eigenvalue weighted by molar-refractivity contribution is 0.596. The number of hydrogen-bond donors (Lipinski definition) is 1. The molecule has 0 aliphatic rings. The van der Waals surface area contributed by atoms with Gasteiger partial charge in [-0.2, -0.15) is 0 Å². The van der Waals surface area contributed by atoms with E-state index in [0.29, 0.717) is 0 Å². The van der Waals surface area contributed by atoms with Gasteiger partial charge in [-0.25, -0.2) is 0 Å². The Hall–Kier alpha value is -2.58. The van der Waals surface area contributed by atoms with Crippen molar-refractivity contribution in [2.45, 2.75) is 26.2 Å². The van der Waals surface area contributed by atoms with E-state index in [0.717, 1.165) is 5.69 Å². The lowest BCUT2D eigenvalue weighted by atomic mass is 9.85. The normalized spacial score (nSPS) is 11.7. The molecule has 0 fully saturated rings. The number of anilines is 2. The first-order valence-electron chi connectivity index (χ1n) is 8.95. The molecule has 4 aromatic rings. The first-order chi connectivity index (χ1) is 12.5. The van der Waals surface area contributed by atoms with Crippen LogP contribution < -0.4 is 5.32 Å². The quantitative estimate of drug-likeness (QED) is 0.398. The van der Waals surface area contributed by atoms with Gasteiger partial charge in [0.05, 0.1) is 0 Å². The molecule has 1 N–H and O–H groups in total. The fraction of sp³-hybridized carbons (Fsp3) is 0.167. The van der Waals surface area contributed by atoms with Crippen LogP contribution in [-0.4, -0.2) is 0 Å². The number of rotatable bonds is 3. The van der Waals surface area contributed by atoms with Gasteiger partial charge in [0, 0.05) is 16.5 Å². The number of thiophene rings is 1. The maximum Gasteiger partial charge on any atom is 0.101 e. The molecule has 0 spiro atoms. The van der Waals surface area contributed by atoms with Crippen LogP contribution in [0, 0.1) is 0 Å². The van der Waals surface area contributed by atoms with Crippen molar-refractivity contribution in [1.29, 1.82) is 0 Å². The van der Waals surface area contributed by atoms with Gasteiger partial charge in [0.15, 0.2) is 0 Å². The van der Waals surface area contributed by atoms with Gasteiger partial charge in [-0.3, -0.25) is 0 Å². The van der Waals surface area contributed by atoms with Crippen molar-refractivity contribution in [3.63, 3.8) is 0 Å². The molecule has 0 unspecified atom stereocenters. The third-order valence-corrected chi connectivity index (χ3v) is 5.61. The highest BCUT2D eigenvalue weighted by Crippen LogP contribution is 2.39. The van der Waals surface area contributed by atoms with E-state index in [1.54, 1.807) is 11.3 Å². The Kier molecular flexibility index (Phi) is 4.29. The third kappa shape index (κ3) is 3.25. The molecule has 1 aromatic heterocycles. The van der Waals surface area contributed by atoms with Crippen LogP contribution in [0.25, 0.3) is 21.9 Å². The monoisotopic (exact) mass is 357 g/mol. The highest BCUT2D eigenvalue weighted by molar-refractivity contribution is 7.16. The molecule has 4 rings (SSSR count).